The number of amides is 1. The van der Waals surface area contributed by atoms with Gasteiger partial charge >= 0.3 is 0 Å². The quantitative estimate of drug-likeness (QED) is 0.740. The SMILES string of the molecule is O=C(COc1ccc(Br)cc1Cl)N1CCN(c2ccc(F)cc2)CC1. The van der Waals surface area contributed by atoms with E-state index in [0.717, 1.165) is 10.2 Å². The van der Waals surface area contributed by atoms with Gasteiger partial charge in [0.25, 0.3) is 5.91 Å². The van der Waals surface area contributed by atoms with E-state index in [9.17, 15) is 9.18 Å². The molecule has 1 amide bonds. The minimum Gasteiger partial charge on any atom is -0.482 e. The Balaban J connectivity index is 1.50. The van der Waals surface area contributed by atoms with Gasteiger partial charge in [0.05, 0.1) is 5.02 Å². The van der Waals surface area contributed by atoms with Gasteiger partial charge in [0.15, 0.2) is 6.61 Å². The zero-order chi connectivity index (χ0) is 17.8. The molecule has 0 bridgehead atoms. The average Bonchev–Trinajstić information content (AvgIpc) is 2.61. The van der Waals surface area contributed by atoms with Gasteiger partial charge in [-0.3, -0.25) is 4.79 Å². The predicted octanol–water partition coefficient (Wildman–Crippen LogP) is 3.97. The van der Waals surface area contributed by atoms with Crippen LogP contribution in [0.5, 0.6) is 5.75 Å². The highest BCUT2D eigenvalue weighted by atomic mass is 79.9. The van der Waals surface area contributed by atoms with Crippen molar-refractivity contribution in [1.82, 2.24) is 4.90 Å². The van der Waals surface area contributed by atoms with Crippen molar-refractivity contribution in [2.45, 2.75) is 0 Å². The molecule has 1 aliphatic rings. The normalized spacial score (nSPS) is 14.5. The van der Waals surface area contributed by atoms with Gasteiger partial charge in [0.1, 0.15) is 11.6 Å². The maximum Gasteiger partial charge on any atom is 0.260 e. The summed E-state index contributed by atoms with van der Waals surface area (Å²) in [6.07, 6.45) is 0. The molecule has 0 aromatic heterocycles. The van der Waals surface area contributed by atoms with Crippen LogP contribution < -0.4 is 9.64 Å². The molecular weight excluding hydrogens is 411 g/mol. The molecule has 2 aromatic carbocycles. The summed E-state index contributed by atoms with van der Waals surface area (Å²) in [5.74, 6) is 0.169. The van der Waals surface area contributed by atoms with Crippen LogP contribution in [0, 0.1) is 5.82 Å². The van der Waals surface area contributed by atoms with E-state index >= 15 is 0 Å². The zero-order valence-corrected chi connectivity index (χ0v) is 15.8. The lowest BCUT2D eigenvalue weighted by Crippen LogP contribution is -2.50. The molecule has 1 aliphatic heterocycles. The van der Waals surface area contributed by atoms with Crippen LogP contribution in [0.15, 0.2) is 46.9 Å². The third-order valence-corrected chi connectivity index (χ3v) is 4.86. The third-order valence-electron chi connectivity index (χ3n) is 4.07. The highest BCUT2D eigenvalue weighted by Crippen LogP contribution is 2.27. The largest absolute Gasteiger partial charge is 0.482 e. The Morgan fingerprint density at radius 2 is 1.80 bits per heavy atom. The molecule has 0 N–H and O–H groups in total. The van der Waals surface area contributed by atoms with E-state index in [-0.39, 0.29) is 18.3 Å². The number of anilines is 1. The van der Waals surface area contributed by atoms with E-state index in [2.05, 4.69) is 20.8 Å². The van der Waals surface area contributed by atoms with Crippen molar-refractivity contribution in [3.8, 4) is 5.75 Å². The van der Waals surface area contributed by atoms with Crippen molar-refractivity contribution >= 4 is 39.1 Å². The molecule has 25 heavy (non-hydrogen) atoms. The second-order valence-corrected chi connectivity index (χ2v) is 7.03. The molecule has 0 radical (unpaired) electrons. The molecule has 1 saturated heterocycles. The number of carbonyl (C=O) groups is 1. The maximum atomic E-state index is 13.0. The summed E-state index contributed by atoms with van der Waals surface area (Å²) in [4.78, 5) is 16.2. The molecule has 1 fully saturated rings. The van der Waals surface area contributed by atoms with Crippen molar-refractivity contribution in [3.63, 3.8) is 0 Å². The van der Waals surface area contributed by atoms with Gasteiger partial charge < -0.3 is 14.5 Å². The number of ether oxygens (including phenoxy) is 1. The van der Waals surface area contributed by atoms with Crippen molar-refractivity contribution < 1.29 is 13.9 Å². The van der Waals surface area contributed by atoms with E-state index in [1.807, 2.05) is 6.07 Å². The first-order valence-corrected chi connectivity index (χ1v) is 9.06. The first-order valence-electron chi connectivity index (χ1n) is 7.89. The number of piperazine rings is 1. The monoisotopic (exact) mass is 426 g/mol. The highest BCUT2D eigenvalue weighted by molar-refractivity contribution is 9.10. The third kappa shape index (κ3) is 4.64. The Bertz CT molecular complexity index is 749. The van der Waals surface area contributed by atoms with Crippen molar-refractivity contribution in [2.24, 2.45) is 0 Å². The number of hydrogen-bond acceptors (Lipinski definition) is 3. The summed E-state index contributed by atoms with van der Waals surface area (Å²) < 4.78 is 19.4. The summed E-state index contributed by atoms with van der Waals surface area (Å²) in [5.41, 5.74) is 0.964. The lowest BCUT2D eigenvalue weighted by Gasteiger charge is -2.36. The topological polar surface area (TPSA) is 32.8 Å². The van der Waals surface area contributed by atoms with Crippen LogP contribution in [0.25, 0.3) is 0 Å². The minimum atomic E-state index is -0.249. The fourth-order valence-corrected chi connectivity index (χ4v) is 3.42. The van der Waals surface area contributed by atoms with Crippen LogP contribution in [0.2, 0.25) is 5.02 Å². The van der Waals surface area contributed by atoms with Crippen molar-refractivity contribution in [1.29, 1.82) is 0 Å². The summed E-state index contributed by atoms with van der Waals surface area (Å²) in [6.45, 7) is 2.58. The van der Waals surface area contributed by atoms with Crippen LogP contribution in [-0.2, 0) is 4.79 Å². The fourth-order valence-electron chi connectivity index (χ4n) is 2.69. The summed E-state index contributed by atoms with van der Waals surface area (Å²) in [7, 11) is 0. The summed E-state index contributed by atoms with van der Waals surface area (Å²) in [5, 5.41) is 0.461. The van der Waals surface area contributed by atoms with Gasteiger partial charge in [-0.15, -0.1) is 0 Å². The van der Waals surface area contributed by atoms with Gasteiger partial charge in [-0.05, 0) is 42.5 Å². The molecule has 1 heterocycles. The number of halogens is 3. The second kappa shape index (κ2) is 8.06. The molecule has 2 aromatic rings. The molecule has 132 valence electrons. The Morgan fingerprint density at radius 1 is 1.12 bits per heavy atom. The predicted molar refractivity (Wildman–Crippen MR) is 99.8 cm³/mol. The maximum absolute atomic E-state index is 13.0. The number of nitrogens with zero attached hydrogens (tertiary/aromatic N) is 2. The van der Waals surface area contributed by atoms with Crippen molar-refractivity contribution in [3.05, 3.63) is 57.8 Å². The number of rotatable bonds is 4. The van der Waals surface area contributed by atoms with E-state index in [1.54, 1.807) is 29.2 Å². The number of carbonyl (C=O) groups excluding carboxylic acids is 1. The smallest absolute Gasteiger partial charge is 0.260 e. The Labute approximate surface area is 159 Å². The molecule has 0 saturated carbocycles. The van der Waals surface area contributed by atoms with Gasteiger partial charge in [-0.2, -0.15) is 0 Å². The average molecular weight is 428 g/mol. The van der Waals surface area contributed by atoms with Gasteiger partial charge in [0, 0.05) is 36.3 Å². The summed E-state index contributed by atoms with van der Waals surface area (Å²) in [6, 6.07) is 11.7. The molecule has 4 nitrogen and oxygen atoms in total. The Morgan fingerprint density at radius 3 is 2.44 bits per heavy atom. The summed E-state index contributed by atoms with van der Waals surface area (Å²) >= 11 is 9.41. The van der Waals surface area contributed by atoms with E-state index in [4.69, 9.17) is 16.3 Å². The van der Waals surface area contributed by atoms with Crippen LogP contribution in [0.3, 0.4) is 0 Å². The molecule has 7 heteroatoms. The first kappa shape index (κ1) is 18.0. The standard InChI is InChI=1S/C18H17BrClFN2O2/c19-13-1-6-17(16(20)11-13)25-12-18(24)23-9-7-22(8-10-23)15-4-2-14(21)3-5-15/h1-6,11H,7-10,12H2. The fraction of sp³-hybridized carbons (Fsp3) is 0.278. The Hall–Kier alpha value is -1.79. The zero-order valence-electron chi connectivity index (χ0n) is 13.4. The molecule has 3 rings (SSSR count). The lowest BCUT2D eigenvalue weighted by molar-refractivity contribution is -0.133. The van der Waals surface area contributed by atoms with E-state index in [0.29, 0.717) is 37.0 Å². The van der Waals surface area contributed by atoms with E-state index in [1.165, 1.54) is 12.1 Å². The highest BCUT2D eigenvalue weighted by Gasteiger charge is 2.21. The Kier molecular flexibility index (Phi) is 5.81. The van der Waals surface area contributed by atoms with Gasteiger partial charge in [0.2, 0.25) is 0 Å². The molecule has 0 atom stereocenters. The molecular formula is C18H17BrClFN2O2. The number of benzene rings is 2. The van der Waals surface area contributed by atoms with Crippen molar-refractivity contribution in [2.75, 3.05) is 37.7 Å². The molecule has 0 spiro atoms. The molecule has 0 aliphatic carbocycles. The lowest BCUT2D eigenvalue weighted by atomic mass is 10.2. The number of hydrogen-bond donors (Lipinski definition) is 0. The van der Waals surface area contributed by atoms with Crippen LogP contribution in [0.4, 0.5) is 10.1 Å². The van der Waals surface area contributed by atoms with Crippen LogP contribution >= 0.6 is 27.5 Å². The second-order valence-electron chi connectivity index (χ2n) is 5.71. The molecule has 0 unspecified atom stereocenters. The van der Waals surface area contributed by atoms with Gasteiger partial charge in [-0.1, -0.05) is 27.5 Å². The minimum absolute atomic E-state index is 0.0437. The first-order chi connectivity index (χ1) is 12.0. The van der Waals surface area contributed by atoms with E-state index < -0.39 is 0 Å². The van der Waals surface area contributed by atoms with Crippen LogP contribution in [-0.4, -0.2) is 43.6 Å². The van der Waals surface area contributed by atoms with Gasteiger partial charge in [-0.25, -0.2) is 4.39 Å². The van der Waals surface area contributed by atoms with Crippen LogP contribution in [0.1, 0.15) is 0 Å².